The number of nitriles is 1. The number of methoxy groups -OCH3 is 1. The molecule has 0 N–H and O–H groups in total. The molecule has 7 rings (SSSR count). The second-order valence-electron chi connectivity index (χ2n) is 8.62. The SMILES string of the molecule is COc1ccc(CN2C3CC2CN(c2ncccc2-c2ccc4c(C#N)cnn4c2)C3)cn1. The van der Waals surface area contributed by atoms with Gasteiger partial charge in [-0.2, -0.15) is 10.4 Å². The summed E-state index contributed by atoms with van der Waals surface area (Å²) in [4.78, 5) is 14.1. The van der Waals surface area contributed by atoms with E-state index in [1.54, 1.807) is 17.8 Å². The van der Waals surface area contributed by atoms with Gasteiger partial charge in [-0.25, -0.2) is 14.5 Å². The number of aromatic nitrogens is 4. The molecule has 8 nitrogen and oxygen atoms in total. The standard InChI is InChI=1S/C25H23N7O/c1-33-24-7-4-17(11-28-24)13-31-20-9-21(31)16-30(15-20)25-22(3-2-8-27-25)18-5-6-23-19(10-26)12-29-32(23)14-18/h2-8,11-12,14,20-21H,9,13,15-16H2,1H3. The van der Waals surface area contributed by atoms with E-state index in [2.05, 4.69) is 38.1 Å². The molecule has 2 unspecified atom stereocenters. The topological polar surface area (TPSA) is 82.6 Å². The molecular formula is C25H23N7O. The van der Waals surface area contributed by atoms with Gasteiger partial charge in [-0.3, -0.25) is 4.90 Å². The quantitative estimate of drug-likeness (QED) is 0.474. The van der Waals surface area contributed by atoms with Crippen LogP contribution in [0.15, 0.2) is 61.2 Å². The van der Waals surface area contributed by atoms with E-state index in [9.17, 15) is 5.26 Å². The average Bonchev–Trinajstić information content (AvgIpc) is 3.30. The molecule has 4 aromatic rings. The molecule has 0 radical (unpaired) electrons. The Morgan fingerprint density at radius 3 is 2.73 bits per heavy atom. The maximum absolute atomic E-state index is 9.26. The third kappa shape index (κ3) is 3.38. The molecule has 3 aliphatic heterocycles. The van der Waals surface area contributed by atoms with E-state index in [0.717, 1.165) is 42.1 Å². The van der Waals surface area contributed by atoms with Crippen LogP contribution < -0.4 is 9.64 Å². The molecule has 0 aromatic carbocycles. The van der Waals surface area contributed by atoms with Crippen molar-refractivity contribution in [2.24, 2.45) is 0 Å². The summed E-state index contributed by atoms with van der Waals surface area (Å²) < 4.78 is 6.94. The van der Waals surface area contributed by atoms with Crippen molar-refractivity contribution >= 4 is 11.3 Å². The molecule has 0 aliphatic carbocycles. The van der Waals surface area contributed by atoms with E-state index in [1.807, 2.05) is 42.9 Å². The Bertz CT molecular complexity index is 1350. The van der Waals surface area contributed by atoms with Crippen LogP contribution in [0.5, 0.6) is 5.88 Å². The Labute approximate surface area is 191 Å². The first-order chi connectivity index (χ1) is 16.2. The molecular weight excluding hydrogens is 414 g/mol. The van der Waals surface area contributed by atoms with Gasteiger partial charge in [-0.15, -0.1) is 0 Å². The lowest BCUT2D eigenvalue weighted by Gasteiger charge is -2.57. The van der Waals surface area contributed by atoms with Gasteiger partial charge in [-0.1, -0.05) is 12.1 Å². The number of anilines is 1. The summed E-state index contributed by atoms with van der Waals surface area (Å²) in [5.74, 6) is 1.65. The summed E-state index contributed by atoms with van der Waals surface area (Å²) in [6.45, 7) is 2.81. The van der Waals surface area contributed by atoms with Crippen molar-refractivity contribution in [2.75, 3.05) is 25.1 Å². The first kappa shape index (κ1) is 19.7. The summed E-state index contributed by atoms with van der Waals surface area (Å²) in [5.41, 5.74) is 4.73. The van der Waals surface area contributed by atoms with Crippen LogP contribution in [0.3, 0.4) is 0 Å². The fraction of sp³-hybridized carbons (Fsp3) is 0.280. The van der Waals surface area contributed by atoms with Crippen molar-refractivity contribution in [3.8, 4) is 23.1 Å². The number of ether oxygens (including phenoxy) is 1. The lowest BCUT2D eigenvalue weighted by molar-refractivity contribution is -0.00873. The van der Waals surface area contributed by atoms with Crippen LogP contribution in [0.4, 0.5) is 5.82 Å². The highest BCUT2D eigenvalue weighted by Crippen LogP contribution is 2.38. The van der Waals surface area contributed by atoms with E-state index in [4.69, 9.17) is 9.72 Å². The van der Waals surface area contributed by atoms with Crippen molar-refractivity contribution in [1.82, 2.24) is 24.5 Å². The van der Waals surface area contributed by atoms with E-state index >= 15 is 0 Å². The molecule has 4 aromatic heterocycles. The first-order valence-electron chi connectivity index (χ1n) is 11.1. The maximum Gasteiger partial charge on any atom is 0.212 e. The van der Waals surface area contributed by atoms with Crippen LogP contribution in [0, 0.1) is 11.3 Å². The molecule has 164 valence electrons. The molecule has 0 saturated carbocycles. The summed E-state index contributed by atoms with van der Waals surface area (Å²) in [6, 6.07) is 15.3. The minimum atomic E-state index is 0.507. The predicted molar refractivity (Wildman–Crippen MR) is 124 cm³/mol. The van der Waals surface area contributed by atoms with Crippen LogP contribution in [0.2, 0.25) is 0 Å². The molecule has 8 heteroatoms. The number of piperidine rings is 1. The molecule has 2 atom stereocenters. The number of piperazine rings is 1. The highest BCUT2D eigenvalue weighted by molar-refractivity contribution is 5.77. The van der Waals surface area contributed by atoms with Crippen LogP contribution in [0.1, 0.15) is 17.5 Å². The van der Waals surface area contributed by atoms with Gasteiger partial charge in [0.05, 0.1) is 24.4 Å². The first-order valence-corrected chi connectivity index (χ1v) is 11.1. The van der Waals surface area contributed by atoms with E-state index < -0.39 is 0 Å². The largest absolute Gasteiger partial charge is 0.481 e. The summed E-state index contributed by atoms with van der Waals surface area (Å²) in [5, 5.41) is 13.6. The van der Waals surface area contributed by atoms with E-state index in [-0.39, 0.29) is 0 Å². The second kappa shape index (κ2) is 7.87. The van der Waals surface area contributed by atoms with Gasteiger partial charge < -0.3 is 9.64 Å². The Kier molecular flexibility index (Phi) is 4.70. The molecule has 7 heterocycles. The fourth-order valence-electron chi connectivity index (χ4n) is 5.06. The molecule has 3 saturated heterocycles. The monoisotopic (exact) mass is 437 g/mol. The Morgan fingerprint density at radius 1 is 1.09 bits per heavy atom. The normalized spacial score (nSPS) is 19.8. The van der Waals surface area contributed by atoms with Crippen LogP contribution in [0.25, 0.3) is 16.6 Å². The molecule has 0 spiro atoms. The van der Waals surface area contributed by atoms with Crippen molar-refractivity contribution in [1.29, 1.82) is 5.26 Å². The lowest BCUT2D eigenvalue weighted by atomic mass is 9.86. The predicted octanol–water partition coefficient (Wildman–Crippen LogP) is 3.13. The van der Waals surface area contributed by atoms with Crippen molar-refractivity contribution in [2.45, 2.75) is 25.0 Å². The van der Waals surface area contributed by atoms with Gasteiger partial charge in [0.15, 0.2) is 0 Å². The molecule has 0 amide bonds. The Hall–Kier alpha value is -3.96. The number of hydrogen-bond donors (Lipinski definition) is 0. The van der Waals surface area contributed by atoms with Gasteiger partial charge in [0.25, 0.3) is 0 Å². The van der Waals surface area contributed by atoms with Crippen LogP contribution in [-0.4, -0.2) is 56.8 Å². The third-order valence-corrected chi connectivity index (χ3v) is 6.75. The minimum absolute atomic E-state index is 0.507. The zero-order chi connectivity index (χ0) is 22.4. The van der Waals surface area contributed by atoms with Gasteiger partial charge in [0, 0.05) is 67.5 Å². The summed E-state index contributed by atoms with van der Waals surface area (Å²) >= 11 is 0. The summed E-state index contributed by atoms with van der Waals surface area (Å²) in [6.07, 6.45) is 8.57. The fourth-order valence-corrected chi connectivity index (χ4v) is 5.06. The Balaban J connectivity index is 1.23. The molecule has 3 fully saturated rings. The van der Waals surface area contributed by atoms with Gasteiger partial charge in [-0.05, 0) is 30.2 Å². The second-order valence-corrected chi connectivity index (χ2v) is 8.62. The van der Waals surface area contributed by atoms with Crippen molar-refractivity contribution < 1.29 is 4.74 Å². The van der Waals surface area contributed by atoms with E-state index in [1.165, 1.54) is 12.0 Å². The average molecular weight is 438 g/mol. The number of hydrogen-bond acceptors (Lipinski definition) is 7. The van der Waals surface area contributed by atoms with E-state index in [0.29, 0.717) is 23.5 Å². The molecule has 2 bridgehead atoms. The number of pyridine rings is 3. The van der Waals surface area contributed by atoms with Crippen molar-refractivity contribution in [3.63, 3.8) is 0 Å². The van der Waals surface area contributed by atoms with Crippen LogP contribution >= 0.6 is 0 Å². The van der Waals surface area contributed by atoms with Gasteiger partial charge in [0.2, 0.25) is 5.88 Å². The zero-order valence-electron chi connectivity index (χ0n) is 18.3. The number of fused-ring (bicyclic) bond motifs is 3. The lowest BCUT2D eigenvalue weighted by Crippen LogP contribution is -2.68. The highest BCUT2D eigenvalue weighted by atomic mass is 16.5. The minimum Gasteiger partial charge on any atom is -0.481 e. The third-order valence-electron chi connectivity index (χ3n) is 6.75. The highest BCUT2D eigenvalue weighted by Gasteiger charge is 2.45. The summed E-state index contributed by atoms with van der Waals surface area (Å²) in [7, 11) is 1.64. The maximum atomic E-state index is 9.26. The van der Waals surface area contributed by atoms with Crippen molar-refractivity contribution in [3.05, 3.63) is 72.3 Å². The smallest absolute Gasteiger partial charge is 0.212 e. The number of rotatable bonds is 5. The van der Waals surface area contributed by atoms with Gasteiger partial charge >= 0.3 is 0 Å². The van der Waals surface area contributed by atoms with Crippen LogP contribution in [-0.2, 0) is 6.54 Å². The Morgan fingerprint density at radius 2 is 1.97 bits per heavy atom. The molecule has 33 heavy (non-hydrogen) atoms. The van der Waals surface area contributed by atoms with Gasteiger partial charge in [0.1, 0.15) is 11.9 Å². The number of nitrogens with zero attached hydrogens (tertiary/aromatic N) is 7. The molecule has 3 aliphatic rings. The zero-order valence-corrected chi connectivity index (χ0v) is 18.3.